The topological polar surface area (TPSA) is 74.7 Å². The van der Waals surface area contributed by atoms with Crippen LogP contribution in [0.3, 0.4) is 0 Å². The van der Waals surface area contributed by atoms with Gasteiger partial charge in [-0.2, -0.15) is 5.10 Å². The second-order valence-electron chi connectivity index (χ2n) is 7.20. The Kier molecular flexibility index (Phi) is 6.12. The van der Waals surface area contributed by atoms with Gasteiger partial charge >= 0.3 is 0 Å². The number of pyridine rings is 1. The molecule has 0 radical (unpaired) electrons. The Balaban J connectivity index is 1.55. The molecule has 1 atom stereocenters. The quantitative estimate of drug-likeness (QED) is 0.667. The van der Waals surface area contributed by atoms with Crippen molar-refractivity contribution in [3.05, 3.63) is 102 Å². The lowest BCUT2D eigenvalue weighted by atomic mass is 10.0. The first-order valence-electron chi connectivity index (χ1n) is 9.99. The number of halogens is 1. The van der Waals surface area contributed by atoms with Crippen molar-refractivity contribution in [2.45, 2.75) is 25.4 Å². The standard InChI is InChI=1S/C24H21FN4O2/c25-19-11-9-17(10-12-19)16-29-22(30)14-13-21(28-29)24(31)27-23(18-6-2-1-3-7-18)20-8-4-5-15-26-20/h1-12,15,23H,13-14,16H2,(H,27,31)/t23-/m0/s1. The highest BCUT2D eigenvalue weighted by molar-refractivity contribution is 6.39. The fourth-order valence-corrected chi connectivity index (χ4v) is 3.39. The molecule has 6 nitrogen and oxygen atoms in total. The smallest absolute Gasteiger partial charge is 0.268 e. The van der Waals surface area contributed by atoms with E-state index in [1.165, 1.54) is 17.1 Å². The number of benzene rings is 2. The molecule has 1 aromatic heterocycles. The Labute approximate surface area is 179 Å². The van der Waals surface area contributed by atoms with Gasteiger partial charge in [-0.05, 0) is 35.4 Å². The Morgan fingerprint density at radius 3 is 2.45 bits per heavy atom. The average Bonchev–Trinajstić information content (AvgIpc) is 2.81. The van der Waals surface area contributed by atoms with E-state index in [2.05, 4.69) is 15.4 Å². The number of hydrogen-bond acceptors (Lipinski definition) is 4. The van der Waals surface area contributed by atoms with Gasteiger partial charge in [-0.3, -0.25) is 14.6 Å². The summed E-state index contributed by atoms with van der Waals surface area (Å²) >= 11 is 0. The maximum absolute atomic E-state index is 13.1. The predicted molar refractivity (Wildman–Crippen MR) is 114 cm³/mol. The summed E-state index contributed by atoms with van der Waals surface area (Å²) in [6.45, 7) is 0.179. The van der Waals surface area contributed by atoms with Gasteiger partial charge in [0.25, 0.3) is 5.91 Å². The third-order valence-electron chi connectivity index (χ3n) is 5.00. The maximum Gasteiger partial charge on any atom is 0.268 e. The minimum absolute atomic E-state index is 0.176. The van der Waals surface area contributed by atoms with Gasteiger partial charge in [-0.1, -0.05) is 48.5 Å². The average molecular weight is 416 g/mol. The highest BCUT2D eigenvalue weighted by atomic mass is 19.1. The first-order valence-corrected chi connectivity index (χ1v) is 9.99. The first kappa shape index (κ1) is 20.4. The molecule has 4 rings (SSSR count). The summed E-state index contributed by atoms with van der Waals surface area (Å²) in [5.41, 5.74) is 2.61. The van der Waals surface area contributed by atoms with Crippen LogP contribution in [0.15, 0.2) is 84.1 Å². The van der Waals surface area contributed by atoms with Crippen LogP contribution in [0.5, 0.6) is 0 Å². The van der Waals surface area contributed by atoms with Crippen molar-refractivity contribution in [1.82, 2.24) is 15.3 Å². The zero-order valence-corrected chi connectivity index (χ0v) is 16.7. The molecular weight excluding hydrogens is 395 g/mol. The van der Waals surface area contributed by atoms with Crippen LogP contribution >= 0.6 is 0 Å². The summed E-state index contributed by atoms with van der Waals surface area (Å²) in [5, 5.41) is 8.57. The number of hydrazone groups is 1. The van der Waals surface area contributed by atoms with Crippen molar-refractivity contribution < 1.29 is 14.0 Å². The van der Waals surface area contributed by atoms with E-state index in [-0.39, 0.29) is 42.7 Å². The molecule has 3 aromatic rings. The highest BCUT2D eigenvalue weighted by Crippen LogP contribution is 2.21. The molecule has 0 unspecified atom stereocenters. The van der Waals surface area contributed by atoms with Gasteiger partial charge in [0, 0.05) is 19.0 Å². The lowest BCUT2D eigenvalue weighted by molar-refractivity contribution is -0.132. The van der Waals surface area contributed by atoms with E-state index in [0.717, 1.165) is 11.1 Å². The van der Waals surface area contributed by atoms with Crippen LogP contribution in [0.2, 0.25) is 0 Å². The van der Waals surface area contributed by atoms with Crippen LogP contribution < -0.4 is 5.32 Å². The van der Waals surface area contributed by atoms with E-state index >= 15 is 0 Å². The number of amides is 2. The molecule has 0 aliphatic carbocycles. The summed E-state index contributed by atoms with van der Waals surface area (Å²) < 4.78 is 13.1. The van der Waals surface area contributed by atoms with E-state index in [0.29, 0.717) is 5.69 Å². The van der Waals surface area contributed by atoms with Crippen LogP contribution in [-0.4, -0.2) is 27.5 Å². The van der Waals surface area contributed by atoms with E-state index in [1.807, 2.05) is 48.5 Å². The van der Waals surface area contributed by atoms with Gasteiger partial charge in [0.2, 0.25) is 5.91 Å². The number of aromatic nitrogens is 1. The number of rotatable bonds is 6. The molecule has 7 heteroatoms. The Morgan fingerprint density at radius 2 is 1.74 bits per heavy atom. The summed E-state index contributed by atoms with van der Waals surface area (Å²) in [7, 11) is 0. The number of carbonyl (C=O) groups is 2. The van der Waals surface area contributed by atoms with Crippen LogP contribution in [0, 0.1) is 5.82 Å². The molecule has 0 saturated carbocycles. The fraction of sp³-hybridized carbons (Fsp3) is 0.167. The van der Waals surface area contributed by atoms with E-state index < -0.39 is 6.04 Å². The zero-order chi connectivity index (χ0) is 21.6. The SMILES string of the molecule is O=C(N[C@@H](c1ccccc1)c1ccccn1)C1=NN(Cc2ccc(F)cc2)C(=O)CC1. The molecule has 0 spiro atoms. The van der Waals surface area contributed by atoms with Crippen LogP contribution in [-0.2, 0) is 16.1 Å². The molecule has 1 N–H and O–H groups in total. The van der Waals surface area contributed by atoms with E-state index in [9.17, 15) is 14.0 Å². The Bertz CT molecular complexity index is 1050. The number of nitrogens with zero attached hydrogens (tertiary/aromatic N) is 3. The Morgan fingerprint density at radius 1 is 1.00 bits per heavy atom. The summed E-state index contributed by atoms with van der Waals surface area (Å²) in [6.07, 6.45) is 2.13. The van der Waals surface area contributed by atoms with Crippen molar-refractivity contribution in [2.24, 2.45) is 5.10 Å². The molecular formula is C24H21FN4O2. The van der Waals surface area contributed by atoms with Crippen molar-refractivity contribution in [3.8, 4) is 0 Å². The molecule has 0 bridgehead atoms. The Hall–Kier alpha value is -3.87. The number of carbonyl (C=O) groups excluding carboxylic acids is 2. The minimum atomic E-state index is -0.444. The largest absolute Gasteiger partial charge is 0.338 e. The van der Waals surface area contributed by atoms with Gasteiger partial charge in [0.05, 0.1) is 18.3 Å². The summed E-state index contributed by atoms with van der Waals surface area (Å²) in [5.74, 6) is -0.875. The van der Waals surface area contributed by atoms with Crippen molar-refractivity contribution in [1.29, 1.82) is 0 Å². The second-order valence-corrected chi connectivity index (χ2v) is 7.20. The molecule has 2 heterocycles. The highest BCUT2D eigenvalue weighted by Gasteiger charge is 2.27. The fourth-order valence-electron chi connectivity index (χ4n) is 3.39. The second kappa shape index (κ2) is 9.30. The van der Waals surface area contributed by atoms with Crippen LogP contribution in [0.1, 0.15) is 35.7 Å². The van der Waals surface area contributed by atoms with Gasteiger partial charge in [0.1, 0.15) is 11.5 Å². The zero-order valence-electron chi connectivity index (χ0n) is 16.7. The molecule has 31 heavy (non-hydrogen) atoms. The lowest BCUT2D eigenvalue weighted by Gasteiger charge is -2.25. The van der Waals surface area contributed by atoms with Crippen LogP contribution in [0.4, 0.5) is 4.39 Å². The van der Waals surface area contributed by atoms with Crippen molar-refractivity contribution >= 4 is 17.5 Å². The van der Waals surface area contributed by atoms with Crippen molar-refractivity contribution in [3.63, 3.8) is 0 Å². The van der Waals surface area contributed by atoms with Gasteiger partial charge in [-0.15, -0.1) is 0 Å². The molecule has 156 valence electrons. The molecule has 1 aliphatic heterocycles. The van der Waals surface area contributed by atoms with E-state index in [4.69, 9.17) is 0 Å². The molecule has 1 aliphatic rings. The van der Waals surface area contributed by atoms with Crippen molar-refractivity contribution in [2.75, 3.05) is 0 Å². The number of hydrogen-bond donors (Lipinski definition) is 1. The predicted octanol–water partition coefficient (Wildman–Crippen LogP) is 3.60. The minimum Gasteiger partial charge on any atom is -0.338 e. The molecule has 0 fully saturated rings. The monoisotopic (exact) mass is 416 g/mol. The van der Waals surface area contributed by atoms with Gasteiger partial charge in [-0.25, -0.2) is 9.40 Å². The molecule has 0 saturated heterocycles. The first-order chi connectivity index (χ1) is 15.1. The maximum atomic E-state index is 13.1. The van der Waals surface area contributed by atoms with Gasteiger partial charge in [0.15, 0.2) is 0 Å². The third kappa shape index (κ3) is 5.01. The molecule has 2 aromatic carbocycles. The van der Waals surface area contributed by atoms with Gasteiger partial charge < -0.3 is 5.32 Å². The summed E-state index contributed by atoms with van der Waals surface area (Å²) in [4.78, 5) is 29.7. The lowest BCUT2D eigenvalue weighted by Crippen LogP contribution is -2.40. The third-order valence-corrected chi connectivity index (χ3v) is 5.00. The van der Waals surface area contributed by atoms with E-state index in [1.54, 1.807) is 18.3 Å². The normalized spacial score (nSPS) is 14.7. The molecule has 2 amide bonds. The summed E-state index contributed by atoms with van der Waals surface area (Å²) in [6, 6.07) is 20.5. The van der Waals surface area contributed by atoms with Crippen LogP contribution in [0.25, 0.3) is 0 Å². The number of nitrogens with one attached hydrogen (secondary N) is 1.